The maximum atomic E-state index is 4.24. The lowest BCUT2D eigenvalue weighted by Crippen LogP contribution is -2.46. The zero-order valence-electron chi connectivity index (χ0n) is 12.3. The second-order valence-corrected chi connectivity index (χ2v) is 6.92. The maximum Gasteiger partial charge on any atom is 0.205 e. The summed E-state index contributed by atoms with van der Waals surface area (Å²) < 4.78 is 0. The molecule has 2 fully saturated rings. The van der Waals surface area contributed by atoms with Gasteiger partial charge in [-0.25, -0.2) is 0 Å². The van der Waals surface area contributed by atoms with Crippen LogP contribution in [0.25, 0.3) is 0 Å². The second-order valence-electron chi connectivity index (χ2n) is 5.85. The Morgan fingerprint density at radius 1 is 1.10 bits per heavy atom. The number of hydrogen-bond acceptors (Lipinski definition) is 6. The van der Waals surface area contributed by atoms with Crippen LogP contribution < -0.4 is 5.32 Å². The van der Waals surface area contributed by atoms with Crippen molar-refractivity contribution in [3.63, 3.8) is 0 Å². The zero-order chi connectivity index (χ0) is 13.8. The highest BCUT2D eigenvalue weighted by atomic mass is 32.1. The summed E-state index contributed by atoms with van der Waals surface area (Å²) in [6.45, 7) is 6.02. The van der Waals surface area contributed by atoms with E-state index in [1.807, 2.05) is 7.05 Å². The van der Waals surface area contributed by atoms with E-state index in [1.165, 1.54) is 58.3 Å². The molecule has 0 radical (unpaired) electrons. The molecule has 1 aromatic rings. The van der Waals surface area contributed by atoms with E-state index in [1.54, 1.807) is 11.3 Å². The number of anilines is 1. The molecule has 1 N–H and O–H groups in total. The molecule has 3 rings (SSSR count). The summed E-state index contributed by atoms with van der Waals surface area (Å²) in [7, 11) is 1.90. The van der Waals surface area contributed by atoms with Crippen LogP contribution in [0.3, 0.4) is 0 Å². The fraction of sp³-hybridized carbons (Fsp3) is 0.857. The second kappa shape index (κ2) is 6.83. The van der Waals surface area contributed by atoms with E-state index in [2.05, 4.69) is 25.3 Å². The quantitative estimate of drug-likeness (QED) is 0.921. The average molecular weight is 295 g/mol. The fourth-order valence-corrected chi connectivity index (χ4v) is 4.07. The van der Waals surface area contributed by atoms with Crippen LogP contribution in [0.15, 0.2) is 0 Å². The van der Waals surface area contributed by atoms with Crippen molar-refractivity contribution >= 4 is 16.5 Å². The van der Waals surface area contributed by atoms with Crippen molar-refractivity contribution in [2.45, 2.75) is 44.7 Å². The van der Waals surface area contributed by atoms with Crippen molar-refractivity contribution in [3.05, 3.63) is 5.01 Å². The fourth-order valence-electron chi connectivity index (χ4n) is 3.34. The van der Waals surface area contributed by atoms with E-state index < -0.39 is 0 Å². The molecule has 0 atom stereocenters. The van der Waals surface area contributed by atoms with E-state index in [0.717, 1.165) is 22.7 Å². The Morgan fingerprint density at radius 3 is 2.50 bits per heavy atom. The third-order valence-corrected chi connectivity index (χ3v) is 5.43. The molecule has 0 saturated carbocycles. The van der Waals surface area contributed by atoms with Crippen LogP contribution >= 0.6 is 11.3 Å². The molecule has 2 aliphatic rings. The van der Waals surface area contributed by atoms with Crippen molar-refractivity contribution < 1.29 is 0 Å². The Bertz CT molecular complexity index is 407. The summed E-state index contributed by atoms with van der Waals surface area (Å²) in [5.74, 6) is 0. The highest BCUT2D eigenvalue weighted by molar-refractivity contribution is 7.15. The largest absolute Gasteiger partial charge is 0.363 e. The first-order valence-corrected chi connectivity index (χ1v) is 8.63. The molecule has 0 spiro atoms. The van der Waals surface area contributed by atoms with Crippen molar-refractivity contribution in [1.29, 1.82) is 0 Å². The lowest BCUT2D eigenvalue weighted by molar-refractivity contribution is 0.0895. The van der Waals surface area contributed by atoms with Gasteiger partial charge in [0.25, 0.3) is 0 Å². The molecule has 6 heteroatoms. The van der Waals surface area contributed by atoms with Crippen LogP contribution in [0, 0.1) is 0 Å². The van der Waals surface area contributed by atoms with Crippen molar-refractivity contribution in [2.75, 3.05) is 38.5 Å². The summed E-state index contributed by atoms with van der Waals surface area (Å²) in [5, 5.41) is 13.5. The molecule has 112 valence electrons. The molecule has 20 heavy (non-hydrogen) atoms. The predicted octanol–water partition coefficient (Wildman–Crippen LogP) is 2.03. The lowest BCUT2D eigenvalue weighted by Gasteiger charge is -2.40. The Morgan fingerprint density at radius 2 is 1.85 bits per heavy atom. The number of hydrogen-bond donors (Lipinski definition) is 1. The number of rotatable bonds is 4. The number of nitrogens with one attached hydrogen (secondary N) is 1. The number of aromatic nitrogens is 2. The first kappa shape index (κ1) is 14.2. The van der Waals surface area contributed by atoms with E-state index in [-0.39, 0.29) is 0 Å². The average Bonchev–Trinajstić information content (AvgIpc) is 2.97. The van der Waals surface area contributed by atoms with Gasteiger partial charge in [-0.3, -0.25) is 4.90 Å². The van der Waals surface area contributed by atoms with Gasteiger partial charge in [0.2, 0.25) is 5.13 Å². The van der Waals surface area contributed by atoms with Gasteiger partial charge in [0.05, 0.1) is 6.54 Å². The van der Waals surface area contributed by atoms with Crippen molar-refractivity contribution in [1.82, 2.24) is 20.0 Å². The Balaban J connectivity index is 1.45. The zero-order valence-corrected chi connectivity index (χ0v) is 13.2. The van der Waals surface area contributed by atoms with Gasteiger partial charge in [-0.15, -0.1) is 10.2 Å². The summed E-state index contributed by atoms with van der Waals surface area (Å²) in [4.78, 5) is 5.26. The van der Waals surface area contributed by atoms with Gasteiger partial charge < -0.3 is 10.2 Å². The Labute approximate surface area is 125 Å². The SMILES string of the molecule is CNc1nnc(CN2CCC(N3CCCCC3)CC2)s1. The predicted molar refractivity (Wildman–Crippen MR) is 83.2 cm³/mol. The molecule has 3 heterocycles. The van der Waals surface area contributed by atoms with Crippen LogP contribution in [0.4, 0.5) is 5.13 Å². The standard InChI is InChI=1S/C14H25N5S/c1-15-14-17-16-13(20-14)11-18-9-5-12(6-10-18)19-7-3-2-4-8-19/h12H,2-11H2,1H3,(H,15,17). The number of nitrogens with zero attached hydrogens (tertiary/aromatic N) is 4. The van der Waals surface area contributed by atoms with Gasteiger partial charge in [0.1, 0.15) is 5.01 Å². The first-order chi connectivity index (χ1) is 9.85. The van der Waals surface area contributed by atoms with Crippen molar-refractivity contribution in [3.8, 4) is 0 Å². The molecule has 2 aliphatic heterocycles. The van der Waals surface area contributed by atoms with Crippen LogP contribution in [-0.4, -0.2) is 59.3 Å². The highest BCUT2D eigenvalue weighted by Gasteiger charge is 2.25. The minimum Gasteiger partial charge on any atom is -0.363 e. The molecular weight excluding hydrogens is 270 g/mol. The molecule has 0 amide bonds. The van der Waals surface area contributed by atoms with E-state index in [9.17, 15) is 0 Å². The summed E-state index contributed by atoms with van der Waals surface area (Å²) in [6, 6.07) is 0.828. The molecule has 2 saturated heterocycles. The van der Waals surface area contributed by atoms with Gasteiger partial charge in [-0.05, 0) is 38.8 Å². The van der Waals surface area contributed by atoms with Gasteiger partial charge in [0, 0.05) is 26.2 Å². The first-order valence-electron chi connectivity index (χ1n) is 7.81. The Hall–Kier alpha value is -0.720. The highest BCUT2D eigenvalue weighted by Crippen LogP contribution is 2.23. The molecule has 1 aromatic heterocycles. The molecule has 0 unspecified atom stereocenters. The smallest absolute Gasteiger partial charge is 0.205 e. The van der Waals surface area contributed by atoms with Gasteiger partial charge in [-0.2, -0.15) is 0 Å². The molecule has 0 aliphatic carbocycles. The van der Waals surface area contributed by atoms with E-state index in [0.29, 0.717) is 0 Å². The topological polar surface area (TPSA) is 44.3 Å². The number of piperidine rings is 2. The minimum absolute atomic E-state index is 0.828. The minimum atomic E-state index is 0.828. The summed E-state index contributed by atoms with van der Waals surface area (Å²) >= 11 is 1.67. The molecule has 0 aromatic carbocycles. The monoisotopic (exact) mass is 295 g/mol. The van der Waals surface area contributed by atoms with Crippen LogP contribution in [0.2, 0.25) is 0 Å². The number of likely N-dealkylation sites (tertiary alicyclic amines) is 2. The molecule has 0 bridgehead atoms. The van der Waals surface area contributed by atoms with Crippen molar-refractivity contribution in [2.24, 2.45) is 0 Å². The lowest BCUT2D eigenvalue weighted by atomic mass is 10.00. The molecule has 5 nitrogen and oxygen atoms in total. The molecular formula is C14H25N5S. The normalized spacial score (nSPS) is 23.1. The third-order valence-electron chi connectivity index (χ3n) is 4.50. The van der Waals surface area contributed by atoms with Gasteiger partial charge >= 0.3 is 0 Å². The Kier molecular flexibility index (Phi) is 4.86. The van der Waals surface area contributed by atoms with E-state index >= 15 is 0 Å². The van der Waals surface area contributed by atoms with Crippen LogP contribution in [-0.2, 0) is 6.54 Å². The van der Waals surface area contributed by atoms with Gasteiger partial charge in [-0.1, -0.05) is 17.8 Å². The maximum absolute atomic E-state index is 4.24. The van der Waals surface area contributed by atoms with Gasteiger partial charge in [0.15, 0.2) is 0 Å². The van der Waals surface area contributed by atoms with Crippen LogP contribution in [0.5, 0.6) is 0 Å². The van der Waals surface area contributed by atoms with Crippen LogP contribution in [0.1, 0.15) is 37.1 Å². The van der Waals surface area contributed by atoms with E-state index in [4.69, 9.17) is 0 Å². The third kappa shape index (κ3) is 3.48. The summed E-state index contributed by atoms with van der Waals surface area (Å²) in [5.41, 5.74) is 0. The summed E-state index contributed by atoms with van der Waals surface area (Å²) in [6.07, 6.45) is 6.87.